The van der Waals surface area contributed by atoms with Crippen molar-refractivity contribution in [1.29, 1.82) is 0 Å². The van der Waals surface area contributed by atoms with Crippen LogP contribution < -0.4 is 18.9 Å². The van der Waals surface area contributed by atoms with Crippen LogP contribution in [0.1, 0.15) is 43.7 Å². The fourth-order valence-corrected chi connectivity index (χ4v) is 5.07. The maximum Gasteiger partial charge on any atom is 0.231 e. The van der Waals surface area contributed by atoms with Crippen LogP contribution in [0, 0.1) is 5.92 Å². The summed E-state index contributed by atoms with van der Waals surface area (Å²) >= 11 is 0. The summed E-state index contributed by atoms with van der Waals surface area (Å²) in [7, 11) is 1.58. The molecule has 0 amide bonds. The Morgan fingerprint density at radius 3 is 2.52 bits per heavy atom. The number of hydrogen-bond donors (Lipinski definition) is 1. The molecule has 0 spiro atoms. The molecule has 0 radical (unpaired) electrons. The highest BCUT2D eigenvalue weighted by molar-refractivity contribution is 5.59. The van der Waals surface area contributed by atoms with Crippen LogP contribution in [0.25, 0.3) is 0 Å². The average molecular weight is 397 g/mol. The van der Waals surface area contributed by atoms with Crippen LogP contribution in [0.15, 0.2) is 30.3 Å². The Morgan fingerprint density at radius 2 is 1.79 bits per heavy atom. The lowest BCUT2D eigenvalue weighted by atomic mass is 9.73. The zero-order chi connectivity index (χ0) is 20.2. The van der Waals surface area contributed by atoms with Gasteiger partial charge in [-0.25, -0.2) is 0 Å². The summed E-state index contributed by atoms with van der Waals surface area (Å²) in [6.45, 7) is 6.61. The first-order valence-electron chi connectivity index (χ1n) is 10.3. The number of hydrogen-bond acceptors (Lipinski definition) is 6. The molecule has 0 unspecified atom stereocenters. The van der Waals surface area contributed by atoms with E-state index in [0.717, 1.165) is 35.7 Å². The van der Waals surface area contributed by atoms with Crippen molar-refractivity contribution in [3.05, 3.63) is 41.5 Å². The molecule has 3 aliphatic rings. The summed E-state index contributed by atoms with van der Waals surface area (Å²) in [5, 5.41) is 11.0. The molecule has 1 N–H and O–H groups in total. The van der Waals surface area contributed by atoms with E-state index >= 15 is 0 Å². The van der Waals surface area contributed by atoms with Gasteiger partial charge in [-0.15, -0.1) is 0 Å². The number of phenolic OH excluding ortho intramolecular Hbond substituents is 1. The number of benzene rings is 2. The van der Waals surface area contributed by atoms with Gasteiger partial charge in [0.25, 0.3) is 0 Å². The number of fused-ring (bicyclic) bond motifs is 2. The quantitative estimate of drug-likeness (QED) is 0.841. The van der Waals surface area contributed by atoms with Gasteiger partial charge in [0.1, 0.15) is 5.75 Å². The van der Waals surface area contributed by atoms with Gasteiger partial charge in [0, 0.05) is 42.1 Å². The molecule has 3 aliphatic heterocycles. The number of phenols is 1. The minimum Gasteiger partial charge on any atom is -0.504 e. The van der Waals surface area contributed by atoms with Gasteiger partial charge in [0.2, 0.25) is 6.79 Å². The normalized spacial score (nSPS) is 28.1. The fourth-order valence-electron chi connectivity index (χ4n) is 5.07. The van der Waals surface area contributed by atoms with Crippen molar-refractivity contribution < 1.29 is 24.1 Å². The summed E-state index contributed by atoms with van der Waals surface area (Å²) < 4.78 is 23.3. The molecule has 0 bridgehead atoms. The third-order valence-corrected chi connectivity index (χ3v) is 6.82. The van der Waals surface area contributed by atoms with Crippen LogP contribution in [-0.2, 0) is 0 Å². The maximum atomic E-state index is 11.0. The smallest absolute Gasteiger partial charge is 0.231 e. The minimum atomic E-state index is -0.489. The van der Waals surface area contributed by atoms with Crippen molar-refractivity contribution >= 4 is 0 Å². The van der Waals surface area contributed by atoms with Gasteiger partial charge < -0.3 is 24.1 Å². The molecule has 2 aromatic rings. The predicted molar refractivity (Wildman–Crippen MR) is 108 cm³/mol. The molecule has 6 heteroatoms. The molecular weight excluding hydrogens is 370 g/mol. The second-order valence-corrected chi connectivity index (χ2v) is 8.26. The van der Waals surface area contributed by atoms with E-state index in [4.69, 9.17) is 18.9 Å². The second-order valence-electron chi connectivity index (χ2n) is 8.26. The summed E-state index contributed by atoms with van der Waals surface area (Å²) in [6.07, 6.45) is 2.35. The zero-order valence-electron chi connectivity index (χ0n) is 17.1. The van der Waals surface area contributed by atoms with Crippen molar-refractivity contribution in [2.24, 2.45) is 5.92 Å². The highest BCUT2D eigenvalue weighted by atomic mass is 16.7. The minimum absolute atomic E-state index is 0.0750. The van der Waals surface area contributed by atoms with Gasteiger partial charge >= 0.3 is 0 Å². The third kappa shape index (κ3) is 2.73. The molecule has 0 aromatic heterocycles. The Balaban J connectivity index is 1.70. The maximum absolute atomic E-state index is 11.0. The Morgan fingerprint density at radius 1 is 1.07 bits per heavy atom. The summed E-state index contributed by atoms with van der Waals surface area (Å²) in [6, 6.07) is 9.62. The molecule has 5 rings (SSSR count). The number of nitrogens with zero attached hydrogens (tertiary/aromatic N) is 1. The first kappa shape index (κ1) is 18.4. The van der Waals surface area contributed by atoms with Crippen molar-refractivity contribution in [2.75, 3.05) is 27.0 Å². The van der Waals surface area contributed by atoms with E-state index in [1.807, 2.05) is 24.3 Å². The van der Waals surface area contributed by atoms with Crippen molar-refractivity contribution in [3.8, 4) is 28.7 Å². The molecule has 1 fully saturated rings. The van der Waals surface area contributed by atoms with E-state index in [1.54, 1.807) is 13.2 Å². The fraction of sp³-hybridized carbons (Fsp3) is 0.478. The molecule has 2 aromatic carbocycles. The average Bonchev–Trinajstić information content (AvgIpc) is 3.40. The molecule has 1 saturated heterocycles. The number of methoxy groups -OCH3 is 1. The summed E-state index contributed by atoms with van der Waals surface area (Å²) in [4.78, 5) is 2.43. The van der Waals surface area contributed by atoms with Crippen LogP contribution in [0.5, 0.6) is 28.7 Å². The van der Waals surface area contributed by atoms with Crippen molar-refractivity contribution in [3.63, 3.8) is 0 Å². The van der Waals surface area contributed by atoms with Gasteiger partial charge in [0.05, 0.1) is 7.11 Å². The highest BCUT2D eigenvalue weighted by Crippen LogP contribution is 2.55. The molecule has 29 heavy (non-hydrogen) atoms. The summed E-state index contributed by atoms with van der Waals surface area (Å²) in [5.74, 6) is 2.88. The Kier molecular flexibility index (Phi) is 4.28. The Bertz CT molecular complexity index is 939. The van der Waals surface area contributed by atoms with Crippen LogP contribution >= 0.6 is 0 Å². The molecule has 3 atom stereocenters. The molecule has 0 saturated carbocycles. The van der Waals surface area contributed by atoms with E-state index in [2.05, 4.69) is 18.7 Å². The number of rotatable bonds is 3. The zero-order valence-corrected chi connectivity index (χ0v) is 17.1. The first-order chi connectivity index (χ1) is 14.0. The number of para-hydroxylation sites is 1. The standard InChI is InChI=1S/C23H27NO5/c1-14-21(15-7-6-8-17(26-3)22(15)25)16-11-19-20(28-13-27-19)12-18(16)29-23(14,2)24-9-4-5-10-24/h6-8,11-12,14,21,25H,4-5,9-10,13H2,1-3H3/t14-,21-,23+/m1/s1. The van der Waals surface area contributed by atoms with E-state index in [-0.39, 0.29) is 24.4 Å². The van der Waals surface area contributed by atoms with Gasteiger partial charge in [-0.05, 0) is 31.9 Å². The van der Waals surface area contributed by atoms with E-state index in [1.165, 1.54) is 12.8 Å². The lowest BCUT2D eigenvalue weighted by Gasteiger charge is -2.50. The second kappa shape index (κ2) is 6.73. The van der Waals surface area contributed by atoms with E-state index in [0.29, 0.717) is 11.5 Å². The van der Waals surface area contributed by atoms with Gasteiger partial charge in [-0.2, -0.15) is 0 Å². The Labute approximate surface area is 170 Å². The lowest BCUT2D eigenvalue weighted by Crippen LogP contribution is -2.57. The monoisotopic (exact) mass is 397 g/mol. The lowest BCUT2D eigenvalue weighted by molar-refractivity contribution is -0.114. The van der Waals surface area contributed by atoms with Crippen LogP contribution in [0.4, 0.5) is 0 Å². The van der Waals surface area contributed by atoms with Crippen molar-refractivity contribution in [2.45, 2.75) is 38.3 Å². The molecule has 6 nitrogen and oxygen atoms in total. The third-order valence-electron chi connectivity index (χ3n) is 6.82. The van der Waals surface area contributed by atoms with Crippen LogP contribution in [0.2, 0.25) is 0 Å². The predicted octanol–water partition coefficient (Wildman–Crippen LogP) is 4.10. The van der Waals surface area contributed by atoms with Crippen LogP contribution in [-0.4, -0.2) is 42.7 Å². The molecule has 3 heterocycles. The summed E-state index contributed by atoms with van der Waals surface area (Å²) in [5.41, 5.74) is 1.35. The molecule has 154 valence electrons. The Hall–Kier alpha value is -2.60. The van der Waals surface area contributed by atoms with Gasteiger partial charge in [0.15, 0.2) is 28.7 Å². The molecule has 0 aliphatic carbocycles. The number of ether oxygens (including phenoxy) is 4. The first-order valence-corrected chi connectivity index (χ1v) is 10.3. The number of likely N-dealkylation sites (tertiary alicyclic amines) is 1. The SMILES string of the molecule is COc1cccc([C@@H]2c3cc4c(cc3O[C@](C)(N3CCCC3)[C@@H]2C)OCO4)c1O. The number of aromatic hydroxyl groups is 1. The van der Waals surface area contributed by atoms with Crippen molar-refractivity contribution in [1.82, 2.24) is 4.90 Å². The van der Waals surface area contributed by atoms with Crippen LogP contribution in [0.3, 0.4) is 0 Å². The topological polar surface area (TPSA) is 60.4 Å². The highest BCUT2D eigenvalue weighted by Gasteiger charge is 2.50. The van der Waals surface area contributed by atoms with Gasteiger partial charge in [-0.1, -0.05) is 19.1 Å². The van der Waals surface area contributed by atoms with E-state index in [9.17, 15) is 5.11 Å². The van der Waals surface area contributed by atoms with E-state index < -0.39 is 5.72 Å². The largest absolute Gasteiger partial charge is 0.504 e. The van der Waals surface area contributed by atoms with Gasteiger partial charge in [-0.3, -0.25) is 4.90 Å². The molecular formula is C23H27NO5.